The van der Waals surface area contributed by atoms with E-state index in [-0.39, 0.29) is 17.3 Å². The van der Waals surface area contributed by atoms with Crippen LogP contribution in [0.5, 0.6) is 5.75 Å². The van der Waals surface area contributed by atoms with E-state index in [4.69, 9.17) is 9.47 Å². The van der Waals surface area contributed by atoms with Crippen LogP contribution in [0.3, 0.4) is 0 Å². The van der Waals surface area contributed by atoms with Gasteiger partial charge in [0.05, 0.1) is 18.1 Å². The van der Waals surface area contributed by atoms with Crippen LogP contribution in [0.15, 0.2) is 23.1 Å². The number of alkyl halides is 3. The first-order chi connectivity index (χ1) is 12.0. The molecule has 1 aromatic rings. The molecule has 0 saturated heterocycles. The molecule has 0 N–H and O–H groups in total. The van der Waals surface area contributed by atoms with Crippen molar-refractivity contribution < 1.29 is 36.0 Å². The number of methoxy groups -OCH3 is 1. The summed E-state index contributed by atoms with van der Waals surface area (Å²) in [5.74, 6) is -0.406. The minimum absolute atomic E-state index is 0.0540. The van der Waals surface area contributed by atoms with Crippen LogP contribution in [0.1, 0.15) is 13.3 Å². The molecule has 0 bridgehead atoms. The number of nitrogens with zero attached hydrogens (tertiary/aromatic N) is 2. The second-order valence-electron chi connectivity index (χ2n) is 5.10. The Morgan fingerprint density at radius 1 is 1.31 bits per heavy atom. The van der Waals surface area contributed by atoms with Gasteiger partial charge in [-0.2, -0.15) is 17.5 Å². The van der Waals surface area contributed by atoms with Gasteiger partial charge in [-0.1, -0.05) is 0 Å². The number of rotatable bonds is 10. The Morgan fingerprint density at radius 2 is 1.96 bits per heavy atom. The van der Waals surface area contributed by atoms with E-state index >= 15 is 0 Å². The topological polar surface area (TPSA) is 99.0 Å². The average Bonchev–Trinajstić information content (AvgIpc) is 2.55. The summed E-state index contributed by atoms with van der Waals surface area (Å²) in [5, 5.41) is 10.8. The predicted octanol–water partition coefficient (Wildman–Crippen LogP) is 2.58. The average molecular weight is 400 g/mol. The minimum Gasteiger partial charge on any atom is -0.495 e. The Bertz CT molecular complexity index is 724. The van der Waals surface area contributed by atoms with Crippen LogP contribution in [0.25, 0.3) is 0 Å². The molecule has 1 aromatic carbocycles. The Kier molecular flexibility index (Phi) is 7.78. The summed E-state index contributed by atoms with van der Waals surface area (Å²) < 4.78 is 73.9. The van der Waals surface area contributed by atoms with Gasteiger partial charge in [-0.05, 0) is 19.4 Å². The summed E-state index contributed by atoms with van der Waals surface area (Å²) >= 11 is 0. The van der Waals surface area contributed by atoms with Gasteiger partial charge in [0.2, 0.25) is 10.0 Å². The third-order valence-electron chi connectivity index (χ3n) is 3.23. The highest BCUT2D eigenvalue weighted by atomic mass is 32.2. The van der Waals surface area contributed by atoms with Gasteiger partial charge in [0.15, 0.2) is 0 Å². The standard InChI is InChI=1S/C14H19F3N2O6S/c1-3-25-8-4-7-18(10-14(15,16)17)26(22,23)13-6-5-11(19(20)21)9-12(13)24-2/h5-6,9H,3-4,7-8,10H2,1-2H3. The monoisotopic (exact) mass is 400 g/mol. The summed E-state index contributed by atoms with van der Waals surface area (Å²) in [6, 6.07) is 2.60. The van der Waals surface area contributed by atoms with Crippen LogP contribution < -0.4 is 4.74 Å². The van der Waals surface area contributed by atoms with Gasteiger partial charge in [-0.3, -0.25) is 10.1 Å². The third-order valence-corrected chi connectivity index (χ3v) is 5.12. The number of non-ortho nitro benzene ring substituents is 1. The van der Waals surface area contributed by atoms with Gasteiger partial charge in [0, 0.05) is 25.8 Å². The van der Waals surface area contributed by atoms with Crippen molar-refractivity contribution >= 4 is 15.7 Å². The van der Waals surface area contributed by atoms with Crippen molar-refractivity contribution in [1.82, 2.24) is 4.31 Å². The van der Waals surface area contributed by atoms with E-state index in [1.807, 2.05) is 0 Å². The number of benzene rings is 1. The molecule has 1 rings (SSSR count). The van der Waals surface area contributed by atoms with Crippen LogP contribution in [0.2, 0.25) is 0 Å². The first-order valence-electron chi connectivity index (χ1n) is 7.50. The summed E-state index contributed by atoms with van der Waals surface area (Å²) in [5.41, 5.74) is -0.445. The van der Waals surface area contributed by atoms with Crippen molar-refractivity contribution in [3.63, 3.8) is 0 Å². The van der Waals surface area contributed by atoms with Gasteiger partial charge in [-0.25, -0.2) is 8.42 Å². The van der Waals surface area contributed by atoms with Crippen LogP contribution in [-0.2, 0) is 14.8 Å². The highest BCUT2D eigenvalue weighted by Gasteiger charge is 2.38. The van der Waals surface area contributed by atoms with E-state index in [9.17, 15) is 31.7 Å². The predicted molar refractivity (Wildman–Crippen MR) is 85.6 cm³/mol. The van der Waals surface area contributed by atoms with E-state index in [0.29, 0.717) is 6.61 Å². The molecule has 0 heterocycles. The van der Waals surface area contributed by atoms with Crippen LogP contribution in [-0.4, -0.2) is 57.2 Å². The fourth-order valence-electron chi connectivity index (χ4n) is 2.09. The molecule has 0 amide bonds. The molecular weight excluding hydrogens is 381 g/mol. The van der Waals surface area contributed by atoms with E-state index in [1.165, 1.54) is 0 Å². The summed E-state index contributed by atoms with van der Waals surface area (Å²) in [7, 11) is -3.53. The van der Waals surface area contributed by atoms with Gasteiger partial charge in [0.1, 0.15) is 17.2 Å². The third kappa shape index (κ3) is 6.11. The van der Waals surface area contributed by atoms with Crippen molar-refractivity contribution in [2.75, 3.05) is 33.4 Å². The van der Waals surface area contributed by atoms with Crippen molar-refractivity contribution in [2.45, 2.75) is 24.4 Å². The molecule has 0 radical (unpaired) electrons. The highest BCUT2D eigenvalue weighted by molar-refractivity contribution is 7.89. The lowest BCUT2D eigenvalue weighted by molar-refractivity contribution is -0.385. The van der Waals surface area contributed by atoms with Crippen LogP contribution >= 0.6 is 0 Å². The number of ether oxygens (including phenoxy) is 2. The van der Waals surface area contributed by atoms with E-state index in [2.05, 4.69) is 0 Å². The maximum absolute atomic E-state index is 12.8. The van der Waals surface area contributed by atoms with Gasteiger partial charge in [0.25, 0.3) is 5.69 Å². The second kappa shape index (κ2) is 9.14. The molecule has 0 unspecified atom stereocenters. The van der Waals surface area contributed by atoms with E-state index < -0.39 is 50.5 Å². The number of hydrogen-bond donors (Lipinski definition) is 0. The quantitative estimate of drug-likeness (QED) is 0.340. The Hall–Kier alpha value is -1.92. The molecule has 0 aromatic heterocycles. The number of sulfonamides is 1. The molecule has 8 nitrogen and oxygen atoms in total. The number of halogens is 3. The van der Waals surface area contributed by atoms with Crippen molar-refractivity contribution in [1.29, 1.82) is 0 Å². The zero-order valence-electron chi connectivity index (χ0n) is 14.2. The zero-order chi connectivity index (χ0) is 20.0. The second-order valence-corrected chi connectivity index (χ2v) is 7.00. The fourth-order valence-corrected chi connectivity index (χ4v) is 3.69. The molecule has 148 valence electrons. The molecular formula is C14H19F3N2O6S. The molecule has 0 atom stereocenters. The SMILES string of the molecule is CCOCCCN(CC(F)(F)F)S(=O)(=O)c1ccc([N+](=O)[O-])cc1OC. The van der Waals surface area contributed by atoms with Crippen molar-refractivity contribution in [3.05, 3.63) is 28.3 Å². The van der Waals surface area contributed by atoms with E-state index in [0.717, 1.165) is 25.3 Å². The van der Waals surface area contributed by atoms with Crippen molar-refractivity contribution in [3.8, 4) is 5.75 Å². The zero-order valence-corrected chi connectivity index (χ0v) is 15.0. The maximum Gasteiger partial charge on any atom is 0.402 e. The largest absolute Gasteiger partial charge is 0.495 e. The normalized spacial score (nSPS) is 12.4. The lowest BCUT2D eigenvalue weighted by atomic mass is 10.3. The smallest absolute Gasteiger partial charge is 0.402 e. The fraction of sp³-hybridized carbons (Fsp3) is 0.571. The van der Waals surface area contributed by atoms with Gasteiger partial charge < -0.3 is 9.47 Å². The number of nitro benzene ring substituents is 1. The molecule has 0 aliphatic carbocycles. The van der Waals surface area contributed by atoms with Crippen LogP contribution in [0.4, 0.5) is 18.9 Å². The molecule has 26 heavy (non-hydrogen) atoms. The molecule has 0 aliphatic rings. The summed E-state index contributed by atoms with van der Waals surface area (Å²) in [6.07, 6.45) is -4.70. The summed E-state index contributed by atoms with van der Waals surface area (Å²) in [6.45, 7) is 0.0233. The first kappa shape index (κ1) is 22.1. The Labute approximate surface area is 148 Å². The lowest BCUT2D eigenvalue weighted by Gasteiger charge is -2.24. The minimum atomic E-state index is -4.76. The van der Waals surface area contributed by atoms with Gasteiger partial charge in [-0.15, -0.1) is 0 Å². The summed E-state index contributed by atoms with van der Waals surface area (Å²) in [4.78, 5) is 9.44. The molecule has 0 saturated carbocycles. The maximum atomic E-state index is 12.8. The van der Waals surface area contributed by atoms with Crippen molar-refractivity contribution in [2.24, 2.45) is 0 Å². The molecule has 0 spiro atoms. The Balaban J connectivity index is 3.23. The molecule has 0 aliphatic heterocycles. The number of nitro groups is 1. The molecule has 0 fully saturated rings. The Morgan fingerprint density at radius 3 is 2.46 bits per heavy atom. The highest BCUT2D eigenvalue weighted by Crippen LogP contribution is 2.32. The van der Waals surface area contributed by atoms with Gasteiger partial charge >= 0.3 is 6.18 Å². The first-order valence-corrected chi connectivity index (χ1v) is 8.94. The van der Waals surface area contributed by atoms with E-state index in [1.54, 1.807) is 6.92 Å². The lowest BCUT2D eigenvalue weighted by Crippen LogP contribution is -2.40. The van der Waals surface area contributed by atoms with Crippen LogP contribution in [0, 0.1) is 10.1 Å². The molecule has 12 heteroatoms. The number of hydrogen-bond acceptors (Lipinski definition) is 6.